The Hall–Kier alpha value is -4.93. The molecule has 0 unspecified atom stereocenters. The minimum Gasteiger partial charge on any atom is -0.497 e. The molecular formula is C45H55F3N2O9S2. The van der Waals surface area contributed by atoms with Crippen LogP contribution in [0.15, 0.2) is 105 Å². The van der Waals surface area contributed by atoms with Crippen LogP contribution in [0.25, 0.3) is 0 Å². The summed E-state index contributed by atoms with van der Waals surface area (Å²) in [5, 5.41) is 3.23. The highest BCUT2D eigenvalue weighted by atomic mass is 32.2. The van der Waals surface area contributed by atoms with E-state index < -0.39 is 37.7 Å². The lowest BCUT2D eigenvalue weighted by atomic mass is 9.82. The summed E-state index contributed by atoms with van der Waals surface area (Å²) in [4.78, 5) is 23.8. The molecule has 0 bridgehead atoms. The quantitative estimate of drug-likeness (QED) is 0.154. The minimum atomic E-state index is -4.64. The molecule has 6 rings (SSSR count). The van der Waals surface area contributed by atoms with Gasteiger partial charge in [-0.1, -0.05) is 24.3 Å². The second kappa shape index (κ2) is 20.8. The molecule has 4 aromatic carbocycles. The molecule has 2 aliphatic rings. The zero-order valence-electron chi connectivity index (χ0n) is 35.5. The van der Waals surface area contributed by atoms with Crippen molar-refractivity contribution in [1.29, 1.82) is 0 Å². The molecule has 0 saturated heterocycles. The average molecular weight is 889 g/mol. The molecule has 16 heteroatoms. The third kappa shape index (κ3) is 13.3. The number of fused-ring (bicyclic) bond motifs is 2. The van der Waals surface area contributed by atoms with Gasteiger partial charge in [-0.15, -0.1) is 0 Å². The summed E-state index contributed by atoms with van der Waals surface area (Å²) >= 11 is 0. The lowest BCUT2D eigenvalue weighted by molar-refractivity contribution is -0.156. The van der Waals surface area contributed by atoms with E-state index in [0.29, 0.717) is 28.9 Å². The van der Waals surface area contributed by atoms with Crippen LogP contribution in [0.1, 0.15) is 80.5 Å². The maximum Gasteiger partial charge on any atom is 0.446 e. The van der Waals surface area contributed by atoms with E-state index in [4.69, 9.17) is 19.0 Å². The fraction of sp³-hybridized carbons (Fsp3) is 0.422. The number of nitrogens with zero attached hydrogens (tertiary/aromatic N) is 1. The van der Waals surface area contributed by atoms with Crippen molar-refractivity contribution < 1.29 is 53.8 Å². The molecule has 61 heavy (non-hydrogen) atoms. The Balaban J connectivity index is 0.000000242. The monoisotopic (exact) mass is 888 g/mol. The smallest absolute Gasteiger partial charge is 0.446 e. The number of halogens is 3. The maximum absolute atomic E-state index is 13.1. The number of hydrogen-bond donors (Lipinski definition) is 1. The molecule has 0 aromatic heterocycles. The van der Waals surface area contributed by atoms with Crippen LogP contribution in [0, 0.1) is 0 Å². The summed E-state index contributed by atoms with van der Waals surface area (Å²) in [6.45, 7) is 7.00. The molecule has 0 saturated carbocycles. The Morgan fingerprint density at radius 3 is 1.57 bits per heavy atom. The van der Waals surface area contributed by atoms with Crippen LogP contribution >= 0.6 is 0 Å². The molecule has 1 amide bonds. The van der Waals surface area contributed by atoms with Crippen molar-refractivity contribution in [1.82, 2.24) is 10.2 Å². The van der Waals surface area contributed by atoms with Gasteiger partial charge >= 0.3 is 12.3 Å². The number of hydrogen-bond acceptors (Lipinski definition) is 10. The van der Waals surface area contributed by atoms with Gasteiger partial charge in [0.25, 0.3) is 0 Å². The number of rotatable bonds is 10. The predicted octanol–water partition coefficient (Wildman–Crippen LogP) is 8.73. The van der Waals surface area contributed by atoms with Crippen molar-refractivity contribution in [3.8, 4) is 11.5 Å². The second-order valence-corrected chi connectivity index (χ2v) is 19.7. The molecule has 2 atom stereocenters. The first-order chi connectivity index (χ1) is 28.6. The Bertz CT molecular complexity index is 2360. The maximum atomic E-state index is 13.1. The molecule has 0 radical (unpaired) electrons. The van der Waals surface area contributed by atoms with Gasteiger partial charge in [-0.25, -0.2) is 21.6 Å². The molecule has 332 valence electrons. The fourth-order valence-electron chi connectivity index (χ4n) is 7.32. The van der Waals surface area contributed by atoms with Crippen molar-refractivity contribution >= 4 is 32.1 Å². The fourth-order valence-corrected chi connectivity index (χ4v) is 10.0. The lowest BCUT2D eigenvalue weighted by Gasteiger charge is -2.31. The minimum absolute atomic E-state index is 0.148. The van der Waals surface area contributed by atoms with Crippen molar-refractivity contribution in [2.24, 2.45) is 0 Å². The number of amides is 1. The molecule has 0 heterocycles. The van der Waals surface area contributed by atoms with Crippen molar-refractivity contribution in [3.63, 3.8) is 0 Å². The van der Waals surface area contributed by atoms with E-state index in [2.05, 4.69) is 5.32 Å². The van der Waals surface area contributed by atoms with E-state index in [0.717, 1.165) is 61.8 Å². The van der Waals surface area contributed by atoms with Crippen LogP contribution in [0.3, 0.4) is 0 Å². The second-order valence-electron chi connectivity index (χ2n) is 15.8. The molecule has 0 aliphatic heterocycles. The van der Waals surface area contributed by atoms with Gasteiger partial charge in [0, 0.05) is 26.1 Å². The van der Waals surface area contributed by atoms with Crippen LogP contribution in [-0.4, -0.2) is 87.3 Å². The Morgan fingerprint density at radius 2 is 1.16 bits per heavy atom. The zero-order valence-corrected chi connectivity index (χ0v) is 37.2. The van der Waals surface area contributed by atoms with Crippen LogP contribution in [0.4, 0.5) is 18.0 Å². The Labute approximate surface area is 357 Å². The largest absolute Gasteiger partial charge is 0.497 e. The average Bonchev–Trinajstić information content (AvgIpc) is 3.23. The number of aryl methyl sites for hydroxylation is 2. The van der Waals surface area contributed by atoms with E-state index in [-0.39, 0.29) is 26.7 Å². The van der Waals surface area contributed by atoms with Gasteiger partial charge in [-0.2, -0.15) is 13.2 Å². The van der Waals surface area contributed by atoms with Crippen molar-refractivity contribution in [2.75, 3.05) is 41.4 Å². The molecule has 2 aliphatic carbocycles. The summed E-state index contributed by atoms with van der Waals surface area (Å²) in [6.07, 6.45) is -0.146. The van der Waals surface area contributed by atoms with Crippen LogP contribution < -0.4 is 14.8 Å². The van der Waals surface area contributed by atoms with Crippen LogP contribution in [0.5, 0.6) is 11.5 Å². The number of nitrogens with one attached hydrogen (secondary N) is 1. The third-order valence-electron chi connectivity index (χ3n) is 10.2. The Kier molecular flexibility index (Phi) is 16.6. The topological polar surface area (TPSA) is 145 Å². The standard InChI is InChI=1S/C24H31NO5S.C19H23NO3S.C2HF3O/c1-24(2,3)30-23(26)25(4)16-18-9-6-8-17-14-21(12-13-22(17)18)31(27,28)20-11-7-10-19(15-20)29-5;1-20-13-15-6-3-5-14-11-18(9-10-19(14)15)24(21,22)17-8-4-7-16(12-17)23-2;3-2(4,5)1-6/h7,10-15,18H,6,8-9,16H2,1-5H3;4,7-12,15,20H,3,5-6,13H2,1-2H3;1H/t18-;15-;/m00./s1. The van der Waals surface area contributed by atoms with Gasteiger partial charge in [-0.05, 0) is 155 Å². The third-order valence-corrected chi connectivity index (χ3v) is 13.7. The van der Waals surface area contributed by atoms with Gasteiger partial charge in [-0.3, -0.25) is 4.79 Å². The molecule has 0 fully saturated rings. The van der Waals surface area contributed by atoms with Gasteiger partial charge in [0.05, 0.1) is 33.8 Å². The summed E-state index contributed by atoms with van der Waals surface area (Å²) in [7, 11) is -0.433. The SMILES string of the molecule is CNC[C@@H]1CCCc2cc(S(=O)(=O)c3cccc(OC)c3)ccc21.COc1cccc(S(=O)(=O)c2ccc3c(c2)CCC[C@H]3CN(C)C(=O)OC(C)(C)C)c1.O=CC(F)(F)F. The normalized spacial score (nSPS) is 16.2. The molecular weight excluding hydrogens is 834 g/mol. The van der Waals surface area contributed by atoms with Crippen LogP contribution in [0.2, 0.25) is 0 Å². The van der Waals surface area contributed by atoms with Gasteiger partial charge in [0.15, 0.2) is 0 Å². The zero-order chi connectivity index (χ0) is 45.2. The van der Waals surface area contributed by atoms with Gasteiger partial charge in [0.2, 0.25) is 26.0 Å². The first kappa shape index (κ1) is 48.7. The number of carbonyl (C=O) groups excluding carboxylic acids is 2. The summed E-state index contributed by atoms with van der Waals surface area (Å²) < 4.78 is 99.2. The predicted molar refractivity (Wildman–Crippen MR) is 226 cm³/mol. The lowest BCUT2D eigenvalue weighted by Crippen LogP contribution is -2.37. The van der Waals surface area contributed by atoms with E-state index in [1.54, 1.807) is 72.6 Å². The van der Waals surface area contributed by atoms with Gasteiger partial charge < -0.3 is 24.4 Å². The van der Waals surface area contributed by atoms with E-state index >= 15 is 0 Å². The molecule has 4 aromatic rings. The molecule has 11 nitrogen and oxygen atoms in total. The van der Waals surface area contributed by atoms with Gasteiger partial charge in [0.1, 0.15) is 17.1 Å². The molecule has 1 N–H and O–H groups in total. The van der Waals surface area contributed by atoms with Crippen molar-refractivity contribution in [2.45, 2.75) is 102 Å². The number of ether oxygens (including phenoxy) is 3. The first-order valence-electron chi connectivity index (χ1n) is 19.8. The van der Waals surface area contributed by atoms with E-state index in [1.165, 1.54) is 25.8 Å². The number of benzene rings is 4. The van der Waals surface area contributed by atoms with Crippen molar-refractivity contribution in [3.05, 3.63) is 107 Å². The number of carbonyl (C=O) groups is 2. The highest BCUT2D eigenvalue weighted by Gasteiger charge is 2.29. The highest BCUT2D eigenvalue weighted by molar-refractivity contribution is 7.91. The highest BCUT2D eigenvalue weighted by Crippen LogP contribution is 2.36. The Morgan fingerprint density at radius 1 is 0.738 bits per heavy atom. The first-order valence-corrected chi connectivity index (χ1v) is 22.8. The van der Waals surface area contributed by atoms with E-state index in [9.17, 15) is 34.8 Å². The number of sulfone groups is 2. The summed E-state index contributed by atoms with van der Waals surface area (Å²) in [5.41, 5.74) is 4.02. The molecule has 0 spiro atoms. The number of likely N-dealkylation sites (N-methyl/N-ethyl adjacent to an activating group) is 2. The van der Waals surface area contributed by atoms with Crippen LogP contribution in [-0.2, 0) is 42.0 Å². The summed E-state index contributed by atoms with van der Waals surface area (Å²) in [5.74, 6) is 1.66. The summed E-state index contributed by atoms with van der Waals surface area (Å²) in [6, 6.07) is 24.1. The number of alkyl halides is 3. The van der Waals surface area contributed by atoms with E-state index in [1.807, 2.05) is 46.0 Å². The number of aldehydes is 1. The number of methoxy groups -OCH3 is 2.